The molecule has 84 valence electrons. The number of anilines is 1. The van der Waals surface area contributed by atoms with Gasteiger partial charge < -0.3 is 10.6 Å². The molecule has 4 heteroatoms. The maximum Gasteiger partial charge on any atom is 0.203 e. The minimum absolute atomic E-state index is 0.189. The highest BCUT2D eigenvalue weighted by Crippen LogP contribution is 2.46. The van der Waals surface area contributed by atoms with Crippen molar-refractivity contribution in [2.24, 2.45) is 0 Å². The van der Waals surface area contributed by atoms with Gasteiger partial charge in [0.25, 0.3) is 0 Å². The number of hydrogen-bond acceptors (Lipinski definition) is 2. The first-order valence-electron chi connectivity index (χ1n) is 5.11. The second-order valence-electron chi connectivity index (χ2n) is 3.87. The van der Waals surface area contributed by atoms with E-state index in [1.807, 2.05) is 31.2 Å². The van der Waals surface area contributed by atoms with E-state index >= 15 is 0 Å². The molecule has 2 unspecified atom stereocenters. The molecule has 0 bridgehead atoms. The van der Waals surface area contributed by atoms with Gasteiger partial charge in [-0.15, -0.1) is 0 Å². The third-order valence-corrected chi connectivity index (χ3v) is 5.12. The van der Waals surface area contributed by atoms with Gasteiger partial charge in [0.05, 0.1) is 0 Å². The lowest BCUT2D eigenvalue weighted by atomic mass is 10.1. The molecule has 1 aromatic rings. The van der Waals surface area contributed by atoms with Crippen molar-refractivity contribution in [2.45, 2.75) is 25.9 Å². The highest BCUT2D eigenvalue weighted by molar-refractivity contribution is 7.58. The van der Waals surface area contributed by atoms with Gasteiger partial charge in [0.1, 0.15) is 0 Å². The van der Waals surface area contributed by atoms with Gasteiger partial charge in [-0.1, -0.05) is 26.0 Å². The molecule has 0 aliphatic carbocycles. The summed E-state index contributed by atoms with van der Waals surface area (Å²) in [4.78, 5) is 9.64. The Kier molecular flexibility index (Phi) is 3.95. The molecule has 0 aromatic heterocycles. The molecule has 15 heavy (non-hydrogen) atoms. The standard InChI is InChI=1S/C11H18NO2P/c1-3-15(13,14)9(2)8-10-4-6-11(12)7-5-10/h4-7,9H,3,8,12H2,1-2H3,(H,13,14). The van der Waals surface area contributed by atoms with E-state index in [2.05, 4.69) is 0 Å². The lowest BCUT2D eigenvalue weighted by Crippen LogP contribution is -2.09. The zero-order valence-electron chi connectivity index (χ0n) is 9.18. The molecule has 2 atom stereocenters. The zero-order chi connectivity index (χ0) is 11.5. The molecule has 0 saturated carbocycles. The lowest BCUT2D eigenvalue weighted by molar-refractivity contribution is 0.466. The summed E-state index contributed by atoms with van der Waals surface area (Å²) in [7, 11) is -2.97. The lowest BCUT2D eigenvalue weighted by Gasteiger charge is -2.17. The van der Waals surface area contributed by atoms with Crippen LogP contribution in [-0.4, -0.2) is 16.7 Å². The predicted molar refractivity (Wildman–Crippen MR) is 64.4 cm³/mol. The van der Waals surface area contributed by atoms with Crippen LogP contribution in [0.2, 0.25) is 0 Å². The Morgan fingerprint density at radius 1 is 1.40 bits per heavy atom. The van der Waals surface area contributed by atoms with Crippen molar-refractivity contribution in [1.29, 1.82) is 0 Å². The second kappa shape index (κ2) is 4.82. The van der Waals surface area contributed by atoms with Crippen molar-refractivity contribution in [3.63, 3.8) is 0 Å². The van der Waals surface area contributed by atoms with E-state index < -0.39 is 7.37 Å². The Morgan fingerprint density at radius 2 is 1.93 bits per heavy atom. The van der Waals surface area contributed by atoms with Crippen LogP contribution in [0.15, 0.2) is 24.3 Å². The second-order valence-corrected chi connectivity index (χ2v) is 6.89. The fourth-order valence-electron chi connectivity index (χ4n) is 1.45. The van der Waals surface area contributed by atoms with Crippen molar-refractivity contribution >= 4 is 13.1 Å². The molecule has 0 aliphatic rings. The molecule has 0 amide bonds. The van der Waals surface area contributed by atoms with Gasteiger partial charge in [-0.3, -0.25) is 4.57 Å². The number of hydrogen-bond donors (Lipinski definition) is 2. The van der Waals surface area contributed by atoms with E-state index in [4.69, 9.17) is 5.73 Å². The first-order chi connectivity index (χ1) is 6.95. The quantitative estimate of drug-likeness (QED) is 0.613. The summed E-state index contributed by atoms with van der Waals surface area (Å²) in [5.74, 6) is 0. The van der Waals surface area contributed by atoms with Crippen molar-refractivity contribution in [3.05, 3.63) is 29.8 Å². The molecule has 3 N–H and O–H groups in total. The molecule has 1 rings (SSSR count). The minimum atomic E-state index is -2.97. The molecule has 0 heterocycles. The minimum Gasteiger partial charge on any atom is -0.399 e. The van der Waals surface area contributed by atoms with E-state index in [1.165, 1.54) is 0 Å². The van der Waals surface area contributed by atoms with E-state index in [-0.39, 0.29) is 5.66 Å². The van der Waals surface area contributed by atoms with Gasteiger partial charge in [-0.05, 0) is 24.1 Å². The van der Waals surface area contributed by atoms with Crippen LogP contribution in [0.1, 0.15) is 19.4 Å². The van der Waals surface area contributed by atoms with Crippen LogP contribution in [0.4, 0.5) is 5.69 Å². The Labute approximate surface area is 90.8 Å². The Bertz CT molecular complexity index is 361. The Hall–Kier alpha value is -0.790. The molecule has 3 nitrogen and oxygen atoms in total. The van der Waals surface area contributed by atoms with Crippen LogP contribution in [0.25, 0.3) is 0 Å². The summed E-state index contributed by atoms with van der Waals surface area (Å²) in [6.07, 6.45) is 0.963. The smallest absolute Gasteiger partial charge is 0.203 e. The maximum absolute atomic E-state index is 11.7. The zero-order valence-corrected chi connectivity index (χ0v) is 10.1. The maximum atomic E-state index is 11.7. The van der Waals surface area contributed by atoms with Crippen LogP contribution >= 0.6 is 7.37 Å². The van der Waals surface area contributed by atoms with Crippen molar-refractivity contribution in [3.8, 4) is 0 Å². The van der Waals surface area contributed by atoms with Crippen molar-refractivity contribution in [1.82, 2.24) is 0 Å². The molecule has 0 saturated heterocycles. The van der Waals surface area contributed by atoms with Gasteiger partial charge in [-0.2, -0.15) is 0 Å². The normalized spacial score (nSPS) is 17.0. The van der Waals surface area contributed by atoms with Crippen molar-refractivity contribution < 1.29 is 9.46 Å². The SMILES string of the molecule is CCP(=O)(O)C(C)Cc1ccc(N)cc1. The first kappa shape index (κ1) is 12.3. The average Bonchev–Trinajstić information content (AvgIpc) is 2.21. The molecule has 0 aliphatic heterocycles. The molecule has 0 spiro atoms. The van der Waals surface area contributed by atoms with Gasteiger partial charge in [0.15, 0.2) is 0 Å². The number of nitrogen functional groups attached to an aromatic ring is 1. The highest BCUT2D eigenvalue weighted by Gasteiger charge is 2.24. The van der Waals surface area contributed by atoms with E-state index in [0.717, 1.165) is 5.56 Å². The molecular weight excluding hydrogens is 209 g/mol. The van der Waals surface area contributed by atoms with Crippen LogP contribution in [-0.2, 0) is 11.0 Å². The third kappa shape index (κ3) is 3.37. The first-order valence-corrected chi connectivity index (χ1v) is 7.03. The molecule has 1 aromatic carbocycles. The Balaban J connectivity index is 2.70. The van der Waals surface area contributed by atoms with Crippen LogP contribution < -0.4 is 5.73 Å². The van der Waals surface area contributed by atoms with E-state index in [0.29, 0.717) is 18.3 Å². The van der Waals surface area contributed by atoms with Crippen LogP contribution in [0, 0.1) is 0 Å². The predicted octanol–water partition coefficient (Wildman–Crippen LogP) is 2.49. The summed E-state index contributed by atoms with van der Waals surface area (Å²) in [6.45, 7) is 3.57. The van der Waals surface area contributed by atoms with E-state index in [1.54, 1.807) is 6.92 Å². The number of rotatable bonds is 4. The average molecular weight is 227 g/mol. The summed E-state index contributed by atoms with van der Waals surface area (Å²) in [5, 5.41) is 0. The van der Waals surface area contributed by atoms with Gasteiger partial charge in [-0.25, -0.2) is 0 Å². The molecular formula is C11H18NO2P. The van der Waals surface area contributed by atoms with Gasteiger partial charge >= 0.3 is 0 Å². The van der Waals surface area contributed by atoms with Crippen LogP contribution in [0.5, 0.6) is 0 Å². The summed E-state index contributed by atoms with van der Waals surface area (Å²) < 4.78 is 11.7. The fraction of sp³-hybridized carbons (Fsp3) is 0.455. The largest absolute Gasteiger partial charge is 0.399 e. The molecule has 0 fully saturated rings. The summed E-state index contributed by atoms with van der Waals surface area (Å²) >= 11 is 0. The monoisotopic (exact) mass is 227 g/mol. The van der Waals surface area contributed by atoms with Crippen LogP contribution in [0.3, 0.4) is 0 Å². The third-order valence-electron chi connectivity index (χ3n) is 2.65. The number of benzene rings is 1. The molecule has 0 radical (unpaired) electrons. The number of nitrogens with two attached hydrogens (primary N) is 1. The van der Waals surface area contributed by atoms with E-state index in [9.17, 15) is 9.46 Å². The van der Waals surface area contributed by atoms with Gasteiger partial charge in [0, 0.05) is 17.5 Å². The summed E-state index contributed by atoms with van der Waals surface area (Å²) in [6, 6.07) is 7.44. The summed E-state index contributed by atoms with van der Waals surface area (Å²) in [5.41, 5.74) is 7.15. The highest BCUT2D eigenvalue weighted by atomic mass is 31.2. The fourth-order valence-corrected chi connectivity index (χ4v) is 2.57. The van der Waals surface area contributed by atoms with Crippen molar-refractivity contribution in [2.75, 3.05) is 11.9 Å². The van der Waals surface area contributed by atoms with Gasteiger partial charge in [0.2, 0.25) is 7.37 Å². The topological polar surface area (TPSA) is 63.3 Å². The Morgan fingerprint density at radius 3 is 2.40 bits per heavy atom.